The van der Waals surface area contributed by atoms with E-state index >= 15 is 0 Å². The van der Waals surface area contributed by atoms with Crippen LogP contribution in [0.1, 0.15) is 11.1 Å². The van der Waals surface area contributed by atoms with Crippen LogP contribution in [-0.2, 0) is 12.8 Å². The van der Waals surface area contributed by atoms with Crippen LogP contribution in [-0.4, -0.2) is 20.8 Å². The van der Waals surface area contributed by atoms with E-state index in [9.17, 15) is 9.90 Å². The summed E-state index contributed by atoms with van der Waals surface area (Å²) in [5.41, 5.74) is 4.45. The zero-order valence-electron chi connectivity index (χ0n) is 15.1. The first kappa shape index (κ1) is 18.8. The Morgan fingerprint density at radius 2 is 1.71 bits per heavy atom. The van der Waals surface area contributed by atoms with E-state index in [-0.39, 0.29) is 6.04 Å². The van der Waals surface area contributed by atoms with Crippen molar-refractivity contribution in [3.05, 3.63) is 90.0 Å². The molecule has 1 aliphatic heterocycles. The van der Waals surface area contributed by atoms with Crippen molar-refractivity contribution in [2.24, 2.45) is 0 Å². The SMILES string of the molecule is O=C(O)NC(Cc1ccccc1)C1(I)Cc2c(cccc2-c2ccccc2)O1. The van der Waals surface area contributed by atoms with E-state index in [1.54, 1.807) is 0 Å². The summed E-state index contributed by atoms with van der Waals surface area (Å²) in [5.74, 6) is 0.820. The molecule has 2 atom stereocenters. The zero-order chi connectivity index (χ0) is 19.6. The van der Waals surface area contributed by atoms with Gasteiger partial charge in [-0.3, -0.25) is 0 Å². The summed E-state index contributed by atoms with van der Waals surface area (Å²) < 4.78 is 5.66. The topological polar surface area (TPSA) is 58.6 Å². The highest BCUT2D eigenvalue weighted by molar-refractivity contribution is 14.1. The first-order valence-corrected chi connectivity index (χ1v) is 10.2. The molecule has 3 aromatic rings. The highest BCUT2D eigenvalue weighted by Gasteiger charge is 2.45. The Kier molecular flexibility index (Phi) is 5.26. The van der Waals surface area contributed by atoms with Crippen molar-refractivity contribution < 1.29 is 14.6 Å². The molecule has 4 nitrogen and oxygen atoms in total. The van der Waals surface area contributed by atoms with Gasteiger partial charge in [0.25, 0.3) is 0 Å². The predicted molar refractivity (Wildman–Crippen MR) is 118 cm³/mol. The van der Waals surface area contributed by atoms with E-state index in [0.29, 0.717) is 12.8 Å². The average molecular weight is 485 g/mol. The predicted octanol–water partition coefficient (Wildman–Crippen LogP) is 5.30. The van der Waals surface area contributed by atoms with Gasteiger partial charge in [0.15, 0.2) is 3.61 Å². The van der Waals surface area contributed by atoms with Gasteiger partial charge in [-0.1, -0.05) is 72.8 Å². The van der Waals surface area contributed by atoms with E-state index in [1.807, 2.05) is 60.7 Å². The van der Waals surface area contributed by atoms with Gasteiger partial charge >= 0.3 is 6.09 Å². The number of amides is 1. The lowest BCUT2D eigenvalue weighted by Crippen LogP contribution is -2.52. The molecule has 0 bridgehead atoms. The Balaban J connectivity index is 1.67. The van der Waals surface area contributed by atoms with Gasteiger partial charge in [-0.25, -0.2) is 4.79 Å². The van der Waals surface area contributed by atoms with Gasteiger partial charge in [0.1, 0.15) is 5.75 Å². The number of ether oxygens (including phenoxy) is 1. The maximum Gasteiger partial charge on any atom is 0.405 e. The van der Waals surface area contributed by atoms with Crippen LogP contribution in [0.25, 0.3) is 11.1 Å². The summed E-state index contributed by atoms with van der Waals surface area (Å²) in [6, 6.07) is 25.8. The van der Waals surface area contributed by atoms with Crippen molar-refractivity contribution in [1.82, 2.24) is 5.32 Å². The Morgan fingerprint density at radius 3 is 2.39 bits per heavy atom. The molecule has 1 amide bonds. The molecule has 3 aromatic carbocycles. The van der Waals surface area contributed by atoms with E-state index in [4.69, 9.17) is 4.74 Å². The maximum absolute atomic E-state index is 11.5. The third kappa shape index (κ3) is 3.85. The molecule has 28 heavy (non-hydrogen) atoms. The summed E-state index contributed by atoms with van der Waals surface area (Å²) in [7, 11) is 0. The maximum atomic E-state index is 11.5. The number of alkyl halides is 1. The van der Waals surface area contributed by atoms with Crippen molar-refractivity contribution in [3.8, 4) is 16.9 Å². The number of fused-ring (bicyclic) bond motifs is 1. The molecule has 4 rings (SSSR count). The number of hydrogen-bond acceptors (Lipinski definition) is 2. The Hall–Kier alpha value is -2.54. The van der Waals surface area contributed by atoms with E-state index in [0.717, 1.165) is 28.0 Å². The van der Waals surface area contributed by atoms with Gasteiger partial charge in [-0.15, -0.1) is 0 Å². The number of rotatable bonds is 5. The third-order valence-corrected chi connectivity index (χ3v) is 6.37. The second-order valence-corrected chi connectivity index (χ2v) is 8.73. The van der Waals surface area contributed by atoms with Crippen LogP contribution >= 0.6 is 22.6 Å². The van der Waals surface area contributed by atoms with Crippen LogP contribution in [0.3, 0.4) is 0 Å². The molecule has 0 aromatic heterocycles. The molecule has 2 unspecified atom stereocenters. The van der Waals surface area contributed by atoms with Gasteiger partial charge in [0.05, 0.1) is 6.04 Å². The molecule has 1 heterocycles. The van der Waals surface area contributed by atoms with Crippen LogP contribution in [0.15, 0.2) is 78.9 Å². The van der Waals surface area contributed by atoms with Crippen LogP contribution in [0.4, 0.5) is 4.79 Å². The highest BCUT2D eigenvalue weighted by atomic mass is 127. The summed E-state index contributed by atoms with van der Waals surface area (Å²) in [4.78, 5) is 11.5. The van der Waals surface area contributed by atoms with Gasteiger partial charge in [-0.05, 0) is 51.8 Å². The molecular formula is C23H20INO3. The van der Waals surface area contributed by atoms with Gasteiger partial charge < -0.3 is 15.2 Å². The van der Waals surface area contributed by atoms with Crippen molar-refractivity contribution >= 4 is 28.7 Å². The quantitative estimate of drug-likeness (QED) is 0.381. The molecule has 0 saturated carbocycles. The molecule has 1 aliphatic rings. The van der Waals surface area contributed by atoms with E-state index in [2.05, 4.69) is 46.1 Å². The third-order valence-electron chi connectivity index (χ3n) is 5.02. The minimum Gasteiger partial charge on any atom is -0.474 e. The van der Waals surface area contributed by atoms with Crippen molar-refractivity contribution in [2.45, 2.75) is 22.5 Å². The fourth-order valence-electron chi connectivity index (χ4n) is 3.70. The summed E-state index contributed by atoms with van der Waals surface area (Å²) in [6.45, 7) is 0. The molecule has 5 heteroatoms. The number of nitrogens with one attached hydrogen (secondary N) is 1. The monoisotopic (exact) mass is 485 g/mol. The fourth-order valence-corrected chi connectivity index (χ4v) is 4.69. The fraction of sp³-hybridized carbons (Fsp3) is 0.174. The molecule has 2 N–H and O–H groups in total. The normalized spacial score (nSPS) is 18.8. The Labute approximate surface area is 177 Å². The van der Waals surface area contributed by atoms with Crippen molar-refractivity contribution in [3.63, 3.8) is 0 Å². The standard InChI is InChI=1S/C23H20INO3/c24-23(21(25-22(26)27)14-16-8-3-1-4-9-16)15-19-18(12-7-13-20(19)28-23)17-10-5-2-6-11-17/h1-13,21,25H,14-15H2,(H,26,27). The van der Waals surface area contributed by atoms with Gasteiger partial charge in [0.2, 0.25) is 0 Å². The second kappa shape index (κ2) is 7.83. The van der Waals surface area contributed by atoms with E-state index in [1.165, 1.54) is 0 Å². The number of benzene rings is 3. The number of halogens is 1. The minimum absolute atomic E-state index is 0.385. The number of carbonyl (C=O) groups is 1. The smallest absolute Gasteiger partial charge is 0.405 e. The van der Waals surface area contributed by atoms with Gasteiger partial charge in [-0.2, -0.15) is 0 Å². The zero-order valence-corrected chi connectivity index (χ0v) is 17.3. The Bertz CT molecular complexity index is 978. The molecule has 0 aliphatic carbocycles. The molecule has 0 radical (unpaired) electrons. The largest absolute Gasteiger partial charge is 0.474 e. The lowest BCUT2D eigenvalue weighted by molar-refractivity contribution is 0.143. The van der Waals surface area contributed by atoms with Crippen LogP contribution in [0, 0.1) is 0 Å². The Morgan fingerprint density at radius 1 is 1.04 bits per heavy atom. The summed E-state index contributed by atoms with van der Waals surface area (Å²) in [6.07, 6.45) is 0.149. The van der Waals surface area contributed by atoms with Crippen LogP contribution < -0.4 is 10.1 Å². The number of hydrogen-bond donors (Lipinski definition) is 2. The number of carboxylic acid groups (broad SMARTS) is 1. The van der Waals surface area contributed by atoms with Gasteiger partial charge in [0, 0.05) is 12.0 Å². The van der Waals surface area contributed by atoms with Crippen LogP contribution in [0.5, 0.6) is 5.75 Å². The first-order valence-electron chi connectivity index (χ1n) is 9.14. The second-order valence-electron chi connectivity index (χ2n) is 6.91. The van der Waals surface area contributed by atoms with Crippen molar-refractivity contribution in [2.75, 3.05) is 0 Å². The molecule has 142 valence electrons. The molecular weight excluding hydrogens is 465 g/mol. The van der Waals surface area contributed by atoms with Crippen molar-refractivity contribution in [1.29, 1.82) is 0 Å². The summed E-state index contributed by atoms with van der Waals surface area (Å²) >= 11 is 2.27. The van der Waals surface area contributed by atoms with E-state index < -0.39 is 9.70 Å². The lowest BCUT2D eigenvalue weighted by Gasteiger charge is -2.31. The average Bonchev–Trinajstić information content (AvgIpc) is 3.06. The molecule has 0 spiro atoms. The lowest BCUT2D eigenvalue weighted by atomic mass is 9.93. The first-order chi connectivity index (χ1) is 13.5. The molecule has 0 fully saturated rings. The molecule has 0 saturated heterocycles. The minimum atomic E-state index is -1.04. The highest BCUT2D eigenvalue weighted by Crippen LogP contribution is 2.46. The van der Waals surface area contributed by atoms with Crippen LogP contribution in [0.2, 0.25) is 0 Å². The summed E-state index contributed by atoms with van der Waals surface area (Å²) in [5, 5.41) is 12.1.